The maximum atomic E-state index is 11.4. The third-order valence-electron chi connectivity index (χ3n) is 2.52. The molecule has 1 amide bonds. The number of carboxylic acids is 1. The number of carbonyl (C=O) groups is 3. The molecular formula is C9H13NO5. The van der Waals surface area contributed by atoms with Gasteiger partial charge in [-0.2, -0.15) is 0 Å². The SMILES string of the molecule is COC(=O)C1CC(=O)N(C(C)C(=O)O)C1. The van der Waals surface area contributed by atoms with Crippen molar-refractivity contribution in [3.05, 3.63) is 0 Å². The predicted molar refractivity (Wildman–Crippen MR) is 48.9 cm³/mol. The Labute approximate surface area is 86.8 Å². The van der Waals surface area contributed by atoms with Gasteiger partial charge in [-0.25, -0.2) is 4.79 Å². The molecular weight excluding hydrogens is 202 g/mol. The standard InChI is InChI=1S/C9H13NO5/c1-5(8(12)13)10-4-6(3-7(10)11)9(14)15-2/h5-6H,3-4H2,1-2H3,(H,12,13). The van der Waals surface area contributed by atoms with Crippen LogP contribution in [0.25, 0.3) is 0 Å². The lowest BCUT2D eigenvalue weighted by Gasteiger charge is -2.20. The Hall–Kier alpha value is -1.59. The van der Waals surface area contributed by atoms with E-state index in [2.05, 4.69) is 4.74 Å². The first kappa shape index (κ1) is 11.5. The molecule has 0 saturated carbocycles. The van der Waals surface area contributed by atoms with Gasteiger partial charge in [-0.3, -0.25) is 9.59 Å². The van der Waals surface area contributed by atoms with Gasteiger partial charge in [0.25, 0.3) is 0 Å². The van der Waals surface area contributed by atoms with Crippen molar-refractivity contribution in [3.8, 4) is 0 Å². The summed E-state index contributed by atoms with van der Waals surface area (Å²) in [5, 5.41) is 8.73. The molecule has 1 aliphatic heterocycles. The van der Waals surface area contributed by atoms with Crippen LogP contribution >= 0.6 is 0 Å². The number of hydrogen-bond donors (Lipinski definition) is 1. The lowest BCUT2D eigenvalue weighted by Crippen LogP contribution is -2.40. The van der Waals surface area contributed by atoms with Gasteiger partial charge in [-0.05, 0) is 6.92 Å². The Balaban J connectivity index is 2.68. The van der Waals surface area contributed by atoms with E-state index in [0.29, 0.717) is 0 Å². The van der Waals surface area contributed by atoms with Crippen molar-refractivity contribution in [1.82, 2.24) is 4.90 Å². The number of carbonyl (C=O) groups excluding carboxylic acids is 2. The Bertz CT molecular complexity index is 301. The van der Waals surface area contributed by atoms with Crippen molar-refractivity contribution in [2.45, 2.75) is 19.4 Å². The van der Waals surface area contributed by atoms with Gasteiger partial charge in [0.1, 0.15) is 6.04 Å². The summed E-state index contributed by atoms with van der Waals surface area (Å²) in [4.78, 5) is 34.4. The second-order valence-corrected chi connectivity index (χ2v) is 3.48. The Morgan fingerprint density at radius 1 is 1.60 bits per heavy atom. The molecule has 2 atom stereocenters. The van der Waals surface area contributed by atoms with E-state index in [1.807, 2.05) is 0 Å². The van der Waals surface area contributed by atoms with Crippen LogP contribution in [-0.2, 0) is 19.1 Å². The highest BCUT2D eigenvalue weighted by atomic mass is 16.5. The first-order chi connectivity index (χ1) is 6.97. The minimum absolute atomic E-state index is 0.0320. The number of aliphatic carboxylic acids is 1. The molecule has 0 aromatic carbocycles. The van der Waals surface area contributed by atoms with E-state index in [1.165, 1.54) is 18.9 Å². The molecule has 0 aliphatic carbocycles. The van der Waals surface area contributed by atoms with Gasteiger partial charge in [-0.1, -0.05) is 0 Å². The Morgan fingerprint density at radius 3 is 2.67 bits per heavy atom. The zero-order valence-electron chi connectivity index (χ0n) is 8.60. The number of esters is 1. The number of nitrogens with zero attached hydrogens (tertiary/aromatic N) is 1. The molecule has 0 spiro atoms. The number of amides is 1. The van der Waals surface area contributed by atoms with Crippen molar-refractivity contribution in [1.29, 1.82) is 0 Å². The van der Waals surface area contributed by atoms with Crippen molar-refractivity contribution in [2.75, 3.05) is 13.7 Å². The van der Waals surface area contributed by atoms with Gasteiger partial charge < -0.3 is 14.7 Å². The Kier molecular flexibility index (Phi) is 3.28. The molecule has 1 fully saturated rings. The first-order valence-corrected chi connectivity index (χ1v) is 4.57. The van der Waals surface area contributed by atoms with E-state index in [9.17, 15) is 14.4 Å². The summed E-state index contributed by atoms with van der Waals surface area (Å²) in [6.07, 6.45) is 0.0320. The highest BCUT2D eigenvalue weighted by Gasteiger charge is 2.39. The van der Waals surface area contributed by atoms with E-state index < -0.39 is 23.9 Å². The highest BCUT2D eigenvalue weighted by molar-refractivity contribution is 5.89. The van der Waals surface area contributed by atoms with E-state index >= 15 is 0 Å². The van der Waals surface area contributed by atoms with Gasteiger partial charge in [0.05, 0.1) is 13.0 Å². The van der Waals surface area contributed by atoms with Crippen LogP contribution in [0.3, 0.4) is 0 Å². The van der Waals surface area contributed by atoms with Crippen molar-refractivity contribution in [3.63, 3.8) is 0 Å². The summed E-state index contributed by atoms with van der Waals surface area (Å²) in [6, 6.07) is -0.896. The second kappa shape index (κ2) is 4.29. The quantitative estimate of drug-likeness (QED) is 0.640. The number of rotatable bonds is 3. The molecule has 1 saturated heterocycles. The molecule has 1 rings (SSSR count). The van der Waals surface area contributed by atoms with Crippen LogP contribution in [0.1, 0.15) is 13.3 Å². The molecule has 1 N–H and O–H groups in total. The number of methoxy groups -OCH3 is 1. The maximum absolute atomic E-state index is 11.4. The van der Waals surface area contributed by atoms with Crippen molar-refractivity contribution < 1.29 is 24.2 Å². The average Bonchev–Trinajstić information content (AvgIpc) is 2.57. The largest absolute Gasteiger partial charge is 0.480 e. The maximum Gasteiger partial charge on any atom is 0.326 e. The molecule has 1 heterocycles. The number of ether oxygens (including phenoxy) is 1. The fourth-order valence-electron chi connectivity index (χ4n) is 1.56. The summed E-state index contributed by atoms with van der Waals surface area (Å²) in [7, 11) is 1.25. The fourth-order valence-corrected chi connectivity index (χ4v) is 1.56. The van der Waals surface area contributed by atoms with E-state index in [0.717, 1.165) is 0 Å². The normalized spacial score (nSPS) is 22.7. The van der Waals surface area contributed by atoms with E-state index in [4.69, 9.17) is 5.11 Å². The summed E-state index contributed by atoms with van der Waals surface area (Å²) < 4.78 is 4.51. The molecule has 84 valence electrons. The number of likely N-dealkylation sites (tertiary alicyclic amines) is 1. The molecule has 2 unspecified atom stereocenters. The van der Waals surface area contributed by atoms with Crippen LogP contribution in [0.4, 0.5) is 0 Å². The van der Waals surface area contributed by atoms with Crippen molar-refractivity contribution >= 4 is 17.8 Å². The van der Waals surface area contributed by atoms with Crippen LogP contribution in [0, 0.1) is 5.92 Å². The zero-order valence-corrected chi connectivity index (χ0v) is 8.60. The van der Waals surface area contributed by atoms with Gasteiger partial charge >= 0.3 is 11.9 Å². The molecule has 0 bridgehead atoms. The minimum atomic E-state index is -1.08. The van der Waals surface area contributed by atoms with Gasteiger partial charge in [-0.15, -0.1) is 0 Å². The van der Waals surface area contributed by atoms with Crippen molar-refractivity contribution in [2.24, 2.45) is 5.92 Å². The predicted octanol–water partition coefficient (Wildman–Crippen LogP) is -0.519. The first-order valence-electron chi connectivity index (χ1n) is 4.57. The molecule has 6 nitrogen and oxygen atoms in total. The van der Waals surface area contributed by atoms with Crippen LogP contribution in [0.2, 0.25) is 0 Å². The van der Waals surface area contributed by atoms with Crippen LogP contribution in [0.5, 0.6) is 0 Å². The minimum Gasteiger partial charge on any atom is -0.480 e. The van der Waals surface area contributed by atoms with E-state index in [1.54, 1.807) is 0 Å². The monoisotopic (exact) mass is 215 g/mol. The number of carboxylic acid groups (broad SMARTS) is 1. The fraction of sp³-hybridized carbons (Fsp3) is 0.667. The topological polar surface area (TPSA) is 83.9 Å². The molecule has 0 aromatic rings. The zero-order chi connectivity index (χ0) is 11.6. The second-order valence-electron chi connectivity index (χ2n) is 3.48. The smallest absolute Gasteiger partial charge is 0.326 e. The average molecular weight is 215 g/mol. The third-order valence-corrected chi connectivity index (χ3v) is 2.52. The summed E-state index contributed by atoms with van der Waals surface area (Å²) in [6.45, 7) is 1.54. The molecule has 6 heteroatoms. The molecule has 0 aromatic heterocycles. The lowest BCUT2D eigenvalue weighted by atomic mass is 10.1. The van der Waals surface area contributed by atoms with Crippen LogP contribution < -0.4 is 0 Å². The summed E-state index contributed by atoms with van der Waals surface area (Å²) in [5.74, 6) is -2.40. The number of hydrogen-bond acceptors (Lipinski definition) is 4. The summed E-state index contributed by atoms with van der Waals surface area (Å²) in [5.41, 5.74) is 0. The highest BCUT2D eigenvalue weighted by Crippen LogP contribution is 2.21. The Morgan fingerprint density at radius 2 is 2.20 bits per heavy atom. The van der Waals surface area contributed by atoms with Gasteiger partial charge in [0.15, 0.2) is 0 Å². The third kappa shape index (κ3) is 2.26. The van der Waals surface area contributed by atoms with E-state index in [-0.39, 0.29) is 18.9 Å². The summed E-state index contributed by atoms with van der Waals surface area (Å²) >= 11 is 0. The molecule has 15 heavy (non-hydrogen) atoms. The lowest BCUT2D eigenvalue weighted by molar-refractivity contribution is -0.148. The van der Waals surface area contributed by atoms with Gasteiger partial charge in [0.2, 0.25) is 5.91 Å². The van der Waals surface area contributed by atoms with Crippen LogP contribution in [-0.4, -0.2) is 47.5 Å². The van der Waals surface area contributed by atoms with Gasteiger partial charge in [0, 0.05) is 13.0 Å². The molecule has 0 radical (unpaired) electrons. The molecule has 1 aliphatic rings. The van der Waals surface area contributed by atoms with Crippen LogP contribution in [0.15, 0.2) is 0 Å².